The van der Waals surface area contributed by atoms with Crippen LogP contribution in [0.4, 0.5) is 8.78 Å². The van der Waals surface area contributed by atoms with Gasteiger partial charge in [0.25, 0.3) is 0 Å². The third kappa shape index (κ3) is 5.67. The smallest absolute Gasteiger partial charge is 0.126 e. The summed E-state index contributed by atoms with van der Waals surface area (Å²) in [5.74, 6) is -1.28. The van der Waals surface area contributed by atoms with Crippen molar-refractivity contribution in [3.05, 3.63) is 70.8 Å². The van der Waals surface area contributed by atoms with E-state index in [1.54, 1.807) is 0 Å². The van der Waals surface area contributed by atoms with Crippen molar-refractivity contribution in [2.45, 2.75) is 38.5 Å². The third-order valence-electron chi connectivity index (χ3n) is 3.97. The molecule has 0 radical (unpaired) electrons. The number of rotatable bonds is 8. The number of aliphatic hydroxyl groups excluding tert-OH is 1. The lowest BCUT2D eigenvalue weighted by atomic mass is 10.0. The molecule has 4 N–H and O–H groups in total. The molecule has 24 heavy (non-hydrogen) atoms. The summed E-state index contributed by atoms with van der Waals surface area (Å²) >= 11 is 0. The number of halogens is 2. The Balaban J connectivity index is 1.81. The van der Waals surface area contributed by atoms with E-state index in [0.717, 1.165) is 18.1 Å². The van der Waals surface area contributed by atoms with E-state index >= 15 is 0 Å². The van der Waals surface area contributed by atoms with Crippen LogP contribution < -0.4 is 11.1 Å². The van der Waals surface area contributed by atoms with E-state index in [2.05, 4.69) is 24.4 Å². The molecule has 0 bridgehead atoms. The zero-order valence-corrected chi connectivity index (χ0v) is 13.8. The molecule has 0 spiro atoms. The van der Waals surface area contributed by atoms with Gasteiger partial charge >= 0.3 is 0 Å². The van der Waals surface area contributed by atoms with Gasteiger partial charge < -0.3 is 16.2 Å². The molecular formula is C19H24F2N2O. The van der Waals surface area contributed by atoms with Gasteiger partial charge in [0.05, 0.1) is 6.10 Å². The molecule has 0 aliphatic rings. The monoisotopic (exact) mass is 334 g/mol. The Bertz CT molecular complexity index is 643. The molecule has 0 aliphatic heterocycles. The van der Waals surface area contributed by atoms with Crippen LogP contribution in [0.25, 0.3) is 0 Å². The summed E-state index contributed by atoms with van der Waals surface area (Å²) < 4.78 is 26.4. The summed E-state index contributed by atoms with van der Waals surface area (Å²) in [4.78, 5) is 0. The number of nitrogens with two attached hydrogens (primary N) is 1. The molecule has 0 unspecified atom stereocenters. The minimum absolute atomic E-state index is 0.211. The van der Waals surface area contributed by atoms with Crippen LogP contribution in [0.15, 0.2) is 42.5 Å². The second-order valence-electron chi connectivity index (χ2n) is 6.02. The fourth-order valence-electron chi connectivity index (χ4n) is 2.61. The molecule has 3 nitrogen and oxygen atoms in total. The lowest BCUT2D eigenvalue weighted by molar-refractivity contribution is 0.141. The van der Waals surface area contributed by atoms with E-state index in [1.165, 1.54) is 17.7 Å². The fraction of sp³-hybridized carbons (Fsp3) is 0.368. The molecule has 2 atom stereocenters. The van der Waals surface area contributed by atoms with Gasteiger partial charge in [-0.1, -0.05) is 31.2 Å². The molecule has 0 aromatic heterocycles. The summed E-state index contributed by atoms with van der Waals surface area (Å²) in [7, 11) is 0. The highest BCUT2D eigenvalue weighted by molar-refractivity contribution is 5.23. The maximum atomic E-state index is 13.2. The van der Waals surface area contributed by atoms with Crippen LogP contribution in [0.3, 0.4) is 0 Å². The molecule has 0 fully saturated rings. The maximum Gasteiger partial charge on any atom is 0.126 e. The predicted molar refractivity (Wildman–Crippen MR) is 91.6 cm³/mol. The van der Waals surface area contributed by atoms with Crippen molar-refractivity contribution >= 4 is 0 Å². The van der Waals surface area contributed by atoms with Crippen LogP contribution in [-0.4, -0.2) is 23.8 Å². The maximum absolute atomic E-state index is 13.2. The van der Waals surface area contributed by atoms with Crippen molar-refractivity contribution in [1.29, 1.82) is 0 Å². The van der Waals surface area contributed by atoms with Crippen molar-refractivity contribution in [2.75, 3.05) is 6.54 Å². The Morgan fingerprint density at radius 2 is 1.71 bits per heavy atom. The lowest BCUT2D eigenvalue weighted by Crippen LogP contribution is -2.43. The average Bonchev–Trinajstić information content (AvgIpc) is 2.54. The Hall–Kier alpha value is -1.82. The van der Waals surface area contributed by atoms with E-state index < -0.39 is 23.8 Å². The molecule has 2 aromatic rings. The Labute approximate surface area is 141 Å². The van der Waals surface area contributed by atoms with Gasteiger partial charge in [0, 0.05) is 25.2 Å². The van der Waals surface area contributed by atoms with E-state index in [1.807, 2.05) is 12.1 Å². The molecule has 2 rings (SSSR count). The lowest BCUT2D eigenvalue weighted by Gasteiger charge is -2.19. The van der Waals surface area contributed by atoms with Crippen LogP contribution in [0.2, 0.25) is 0 Å². The largest absolute Gasteiger partial charge is 0.390 e. The van der Waals surface area contributed by atoms with E-state index in [9.17, 15) is 13.9 Å². The van der Waals surface area contributed by atoms with E-state index in [0.29, 0.717) is 18.7 Å². The molecule has 0 saturated carbocycles. The van der Waals surface area contributed by atoms with Crippen molar-refractivity contribution in [3.63, 3.8) is 0 Å². The first-order chi connectivity index (χ1) is 11.5. The summed E-state index contributed by atoms with van der Waals surface area (Å²) in [6.45, 7) is 3.05. The molecule has 2 aromatic carbocycles. The van der Waals surface area contributed by atoms with Crippen molar-refractivity contribution in [1.82, 2.24) is 5.32 Å². The molecule has 5 heteroatoms. The van der Waals surface area contributed by atoms with Crippen molar-refractivity contribution in [3.8, 4) is 0 Å². The fourth-order valence-corrected chi connectivity index (χ4v) is 2.61. The number of benzene rings is 2. The van der Waals surface area contributed by atoms with E-state index in [-0.39, 0.29) is 6.42 Å². The van der Waals surface area contributed by atoms with Crippen molar-refractivity contribution < 1.29 is 13.9 Å². The van der Waals surface area contributed by atoms with Crippen LogP contribution >= 0.6 is 0 Å². The highest BCUT2D eigenvalue weighted by Gasteiger charge is 2.16. The molecule has 0 saturated heterocycles. The van der Waals surface area contributed by atoms with Crippen LogP contribution in [-0.2, 0) is 19.4 Å². The highest BCUT2D eigenvalue weighted by atomic mass is 19.1. The SMILES string of the molecule is CCc1cccc(CNC[C@H](O)[C@H](N)Cc2cc(F)cc(F)c2)c1. The van der Waals surface area contributed by atoms with Crippen LogP contribution in [0.1, 0.15) is 23.6 Å². The first-order valence-corrected chi connectivity index (χ1v) is 8.15. The first-order valence-electron chi connectivity index (χ1n) is 8.15. The van der Waals surface area contributed by atoms with Crippen molar-refractivity contribution in [2.24, 2.45) is 5.73 Å². The molecule has 130 valence electrons. The second-order valence-corrected chi connectivity index (χ2v) is 6.02. The molecule has 0 amide bonds. The number of aryl methyl sites for hydroxylation is 1. The molecular weight excluding hydrogens is 310 g/mol. The molecule has 0 heterocycles. The number of aliphatic hydroxyl groups is 1. The summed E-state index contributed by atoms with van der Waals surface area (Å²) in [5.41, 5.74) is 8.78. The van der Waals surface area contributed by atoms with Crippen LogP contribution in [0, 0.1) is 11.6 Å². The second kappa shape index (κ2) is 8.87. The van der Waals surface area contributed by atoms with Gasteiger partial charge in [-0.3, -0.25) is 0 Å². The van der Waals surface area contributed by atoms with Crippen LogP contribution in [0.5, 0.6) is 0 Å². The topological polar surface area (TPSA) is 58.3 Å². The van der Waals surface area contributed by atoms with E-state index in [4.69, 9.17) is 5.73 Å². The highest BCUT2D eigenvalue weighted by Crippen LogP contribution is 2.11. The van der Waals surface area contributed by atoms with Gasteiger partial charge in [-0.2, -0.15) is 0 Å². The summed E-state index contributed by atoms with van der Waals surface area (Å²) in [6, 6.07) is 10.9. The minimum atomic E-state index is -0.800. The Morgan fingerprint density at radius 1 is 1.04 bits per heavy atom. The van der Waals surface area contributed by atoms with Gasteiger partial charge in [0.1, 0.15) is 11.6 Å². The Kier molecular flexibility index (Phi) is 6.85. The number of hydrogen-bond donors (Lipinski definition) is 3. The zero-order valence-electron chi connectivity index (χ0n) is 13.8. The number of nitrogens with one attached hydrogen (secondary N) is 1. The number of hydrogen-bond acceptors (Lipinski definition) is 3. The third-order valence-corrected chi connectivity index (χ3v) is 3.97. The van der Waals surface area contributed by atoms with Gasteiger partial charge in [-0.05, 0) is 41.7 Å². The summed E-state index contributed by atoms with van der Waals surface area (Å²) in [5, 5.41) is 13.3. The zero-order chi connectivity index (χ0) is 17.5. The predicted octanol–water partition coefficient (Wildman–Crippen LogP) is 2.55. The summed E-state index contributed by atoms with van der Waals surface area (Å²) in [6.07, 6.45) is 0.389. The Morgan fingerprint density at radius 3 is 2.38 bits per heavy atom. The average molecular weight is 334 g/mol. The molecule has 0 aliphatic carbocycles. The van der Waals surface area contributed by atoms with Gasteiger partial charge in [0.2, 0.25) is 0 Å². The van der Waals surface area contributed by atoms with Gasteiger partial charge in [-0.15, -0.1) is 0 Å². The first kappa shape index (κ1) is 18.5. The van der Waals surface area contributed by atoms with Gasteiger partial charge in [-0.25, -0.2) is 8.78 Å². The normalized spacial score (nSPS) is 13.7. The standard InChI is InChI=1S/C19H24F2N2O/c1-2-13-4-3-5-14(6-13)11-23-12-19(24)18(22)9-15-7-16(20)10-17(21)8-15/h3-8,10,18-19,23-24H,2,9,11-12,22H2,1H3/t18-,19+/m1/s1. The minimum Gasteiger partial charge on any atom is -0.390 e. The quantitative estimate of drug-likeness (QED) is 0.695. The van der Waals surface area contributed by atoms with Gasteiger partial charge in [0.15, 0.2) is 0 Å².